The van der Waals surface area contributed by atoms with Crippen LogP contribution in [0.1, 0.15) is 23.1 Å². The average Bonchev–Trinajstić information content (AvgIpc) is 2.82. The lowest BCUT2D eigenvalue weighted by atomic mass is 9.99. The van der Waals surface area contributed by atoms with Crippen molar-refractivity contribution in [3.05, 3.63) is 100 Å². The van der Waals surface area contributed by atoms with Crippen molar-refractivity contribution >= 4 is 5.69 Å². The lowest BCUT2D eigenvalue weighted by Gasteiger charge is -2.20. The molecular formula is C22H21FN2. The molecule has 0 bridgehead atoms. The summed E-state index contributed by atoms with van der Waals surface area (Å²) < 4.78 is 13.7. The van der Waals surface area contributed by atoms with Crippen molar-refractivity contribution in [1.82, 2.24) is 5.32 Å². The highest BCUT2D eigenvalue weighted by Gasteiger charge is 2.16. The molecule has 2 N–H and O–H groups in total. The Morgan fingerprint density at radius 1 is 1.08 bits per heavy atom. The fraction of sp³-hybridized carbons (Fsp3) is 0.182. The molecule has 25 heavy (non-hydrogen) atoms. The molecule has 0 fully saturated rings. The summed E-state index contributed by atoms with van der Waals surface area (Å²) in [7, 11) is 0. The molecule has 0 aromatic heterocycles. The SMILES string of the molecule is Cc1c(F)cccc1CNC1=CC=C2Nc3ccccc3CC=C2C1. The van der Waals surface area contributed by atoms with Crippen LogP contribution in [0.2, 0.25) is 0 Å². The lowest BCUT2D eigenvalue weighted by Crippen LogP contribution is -2.17. The Hall–Kier alpha value is -2.81. The van der Waals surface area contributed by atoms with E-state index < -0.39 is 0 Å². The normalized spacial score (nSPS) is 15.7. The van der Waals surface area contributed by atoms with Gasteiger partial charge in [-0.3, -0.25) is 0 Å². The Bertz CT molecular complexity index is 906. The Balaban J connectivity index is 1.50. The minimum atomic E-state index is -0.146. The molecular weight excluding hydrogens is 311 g/mol. The van der Waals surface area contributed by atoms with Gasteiger partial charge >= 0.3 is 0 Å². The van der Waals surface area contributed by atoms with Crippen molar-refractivity contribution in [3.63, 3.8) is 0 Å². The first-order valence-corrected chi connectivity index (χ1v) is 8.64. The van der Waals surface area contributed by atoms with Crippen LogP contribution < -0.4 is 10.6 Å². The number of para-hydroxylation sites is 1. The summed E-state index contributed by atoms with van der Waals surface area (Å²) in [6.07, 6.45) is 8.33. The second-order valence-corrected chi connectivity index (χ2v) is 6.54. The summed E-state index contributed by atoms with van der Waals surface area (Å²) in [4.78, 5) is 0. The van der Waals surface area contributed by atoms with Crippen LogP contribution in [0.15, 0.2) is 77.7 Å². The van der Waals surface area contributed by atoms with Crippen molar-refractivity contribution in [2.24, 2.45) is 0 Å². The van der Waals surface area contributed by atoms with Crippen molar-refractivity contribution in [2.45, 2.75) is 26.3 Å². The second kappa shape index (κ2) is 6.60. The summed E-state index contributed by atoms with van der Waals surface area (Å²) in [6, 6.07) is 13.7. The first-order chi connectivity index (χ1) is 12.2. The van der Waals surface area contributed by atoms with Crippen molar-refractivity contribution in [1.29, 1.82) is 0 Å². The van der Waals surface area contributed by atoms with Crippen molar-refractivity contribution in [2.75, 3.05) is 5.32 Å². The Morgan fingerprint density at radius 2 is 1.96 bits per heavy atom. The summed E-state index contributed by atoms with van der Waals surface area (Å²) in [5.74, 6) is -0.146. The maximum Gasteiger partial charge on any atom is 0.126 e. The zero-order valence-electron chi connectivity index (χ0n) is 14.3. The third-order valence-electron chi connectivity index (χ3n) is 4.92. The Morgan fingerprint density at radius 3 is 2.88 bits per heavy atom. The van der Waals surface area contributed by atoms with E-state index in [0.29, 0.717) is 12.1 Å². The standard InChI is InChI=1S/C22H21FN2/c1-15-18(6-4-7-20(15)23)14-24-19-11-12-22-17(13-19)10-9-16-5-2-3-8-21(16)25-22/h2-8,10-12,24-25H,9,13-14H2,1H3. The van der Waals surface area contributed by atoms with E-state index >= 15 is 0 Å². The average molecular weight is 332 g/mol. The number of anilines is 1. The molecule has 0 atom stereocenters. The van der Waals surface area contributed by atoms with E-state index in [1.807, 2.05) is 13.0 Å². The highest BCUT2D eigenvalue weighted by Crippen LogP contribution is 2.30. The third-order valence-corrected chi connectivity index (χ3v) is 4.92. The van der Waals surface area contributed by atoms with Gasteiger partial charge < -0.3 is 10.6 Å². The van der Waals surface area contributed by atoms with Crippen LogP contribution in [0.4, 0.5) is 10.1 Å². The van der Waals surface area contributed by atoms with Crippen LogP contribution in [0.3, 0.4) is 0 Å². The number of benzene rings is 2. The van der Waals surface area contributed by atoms with Crippen LogP contribution in [-0.2, 0) is 13.0 Å². The first kappa shape index (κ1) is 15.7. The Kier molecular flexibility index (Phi) is 4.14. The van der Waals surface area contributed by atoms with Crippen LogP contribution in [0.5, 0.6) is 0 Å². The molecule has 4 rings (SSSR count). The number of rotatable bonds is 3. The quantitative estimate of drug-likeness (QED) is 0.827. The van der Waals surface area contributed by atoms with E-state index in [2.05, 4.69) is 53.1 Å². The topological polar surface area (TPSA) is 24.1 Å². The Labute approximate surface area is 147 Å². The fourth-order valence-electron chi connectivity index (χ4n) is 3.33. The van der Waals surface area contributed by atoms with Gasteiger partial charge in [0.05, 0.1) is 0 Å². The molecule has 1 aliphatic carbocycles. The van der Waals surface area contributed by atoms with Gasteiger partial charge in [-0.15, -0.1) is 0 Å². The van der Waals surface area contributed by atoms with Crippen LogP contribution in [0.25, 0.3) is 0 Å². The number of nitrogens with one attached hydrogen (secondary N) is 2. The molecule has 2 aliphatic rings. The molecule has 1 heterocycles. The van der Waals surface area contributed by atoms with Crippen molar-refractivity contribution < 1.29 is 4.39 Å². The highest BCUT2D eigenvalue weighted by atomic mass is 19.1. The summed E-state index contributed by atoms with van der Waals surface area (Å²) in [6.45, 7) is 2.47. The zero-order valence-corrected chi connectivity index (χ0v) is 14.3. The van der Waals surface area contributed by atoms with Gasteiger partial charge in [0.1, 0.15) is 5.82 Å². The van der Waals surface area contributed by atoms with Gasteiger partial charge in [0.15, 0.2) is 0 Å². The molecule has 126 valence electrons. The third kappa shape index (κ3) is 3.22. The number of allylic oxidation sites excluding steroid dienone is 5. The van der Waals surface area contributed by atoms with Gasteiger partial charge in [0.2, 0.25) is 0 Å². The zero-order chi connectivity index (χ0) is 17.2. The van der Waals surface area contributed by atoms with E-state index in [4.69, 9.17) is 0 Å². The predicted molar refractivity (Wildman–Crippen MR) is 101 cm³/mol. The van der Waals surface area contributed by atoms with E-state index in [9.17, 15) is 4.39 Å². The van der Waals surface area contributed by atoms with E-state index in [-0.39, 0.29) is 5.82 Å². The van der Waals surface area contributed by atoms with Gasteiger partial charge in [-0.05, 0) is 59.9 Å². The minimum absolute atomic E-state index is 0.146. The summed E-state index contributed by atoms with van der Waals surface area (Å²) in [5.41, 5.74) is 7.83. The molecule has 0 amide bonds. The molecule has 2 nitrogen and oxygen atoms in total. The van der Waals surface area contributed by atoms with E-state index in [1.165, 1.54) is 22.9 Å². The maximum atomic E-state index is 13.7. The van der Waals surface area contributed by atoms with Crippen LogP contribution in [0, 0.1) is 12.7 Å². The van der Waals surface area contributed by atoms with E-state index in [1.54, 1.807) is 6.07 Å². The molecule has 1 aliphatic heterocycles. The molecule has 0 unspecified atom stereocenters. The van der Waals surface area contributed by atoms with Gasteiger partial charge in [-0.25, -0.2) is 4.39 Å². The monoisotopic (exact) mass is 332 g/mol. The van der Waals surface area contributed by atoms with Crippen molar-refractivity contribution in [3.8, 4) is 0 Å². The smallest absolute Gasteiger partial charge is 0.126 e. The first-order valence-electron chi connectivity index (χ1n) is 8.64. The largest absolute Gasteiger partial charge is 0.384 e. The van der Waals surface area contributed by atoms with Gasteiger partial charge in [0, 0.05) is 30.0 Å². The maximum absolute atomic E-state index is 13.7. The predicted octanol–water partition coefficient (Wildman–Crippen LogP) is 4.99. The number of hydrogen-bond acceptors (Lipinski definition) is 2. The fourth-order valence-corrected chi connectivity index (χ4v) is 3.33. The van der Waals surface area contributed by atoms with Gasteiger partial charge in [0.25, 0.3) is 0 Å². The molecule has 0 radical (unpaired) electrons. The molecule has 0 saturated carbocycles. The molecule has 0 spiro atoms. The van der Waals surface area contributed by atoms with Crippen LogP contribution in [-0.4, -0.2) is 0 Å². The second-order valence-electron chi connectivity index (χ2n) is 6.54. The number of halogens is 1. The number of fused-ring (bicyclic) bond motifs is 2. The summed E-state index contributed by atoms with van der Waals surface area (Å²) >= 11 is 0. The molecule has 2 aromatic carbocycles. The van der Waals surface area contributed by atoms with Gasteiger partial charge in [-0.2, -0.15) is 0 Å². The van der Waals surface area contributed by atoms with Gasteiger partial charge in [-0.1, -0.05) is 36.4 Å². The van der Waals surface area contributed by atoms with Crippen LogP contribution >= 0.6 is 0 Å². The highest BCUT2D eigenvalue weighted by molar-refractivity contribution is 5.63. The molecule has 2 aromatic rings. The van der Waals surface area contributed by atoms with E-state index in [0.717, 1.165) is 29.8 Å². The molecule has 0 saturated heterocycles. The minimum Gasteiger partial charge on any atom is -0.384 e. The number of hydrogen-bond donors (Lipinski definition) is 2. The molecule has 3 heteroatoms. The summed E-state index contributed by atoms with van der Waals surface area (Å²) in [5, 5.41) is 7.00. The lowest BCUT2D eigenvalue weighted by molar-refractivity contribution is 0.613.